The largest absolute Gasteiger partial charge is 0.497 e. The summed E-state index contributed by atoms with van der Waals surface area (Å²) in [5.41, 5.74) is -0.0369. The highest BCUT2D eigenvalue weighted by atomic mass is 35.5. The topological polar surface area (TPSA) is 35.5 Å². The molecule has 0 amide bonds. The number of rotatable bonds is 3. The minimum atomic E-state index is -0.858. The number of hydrogen-bond donors (Lipinski definition) is 0. The number of carbonyl (C=O) groups is 1. The van der Waals surface area contributed by atoms with Crippen LogP contribution in [-0.4, -0.2) is 12.5 Å². The van der Waals surface area contributed by atoms with Gasteiger partial charge >= 0.3 is 5.43 Å². The van der Waals surface area contributed by atoms with Gasteiger partial charge in [-0.25, -0.2) is 4.79 Å². The Balaban J connectivity index is 2.78. The summed E-state index contributed by atoms with van der Waals surface area (Å²) in [6, 6.07) is 6.67. The second-order valence-corrected chi connectivity index (χ2v) is 2.80. The van der Waals surface area contributed by atoms with E-state index in [1.807, 2.05) is 0 Å². The summed E-state index contributed by atoms with van der Waals surface area (Å²) in [5, 5.41) is 0. The summed E-state index contributed by atoms with van der Waals surface area (Å²) in [4.78, 5) is 10.4. The predicted octanol–water partition coefficient (Wildman–Crippen LogP) is 3.04. The molecular formula is C10H9ClO3. The van der Waals surface area contributed by atoms with E-state index in [4.69, 9.17) is 16.3 Å². The molecule has 0 saturated heterocycles. The van der Waals surface area contributed by atoms with Crippen molar-refractivity contribution in [2.24, 2.45) is 0 Å². The van der Waals surface area contributed by atoms with Crippen molar-refractivity contribution in [2.45, 2.75) is 0 Å². The smallest absolute Gasteiger partial charge is 0.409 e. The van der Waals surface area contributed by atoms with Crippen LogP contribution in [0.3, 0.4) is 0 Å². The maximum atomic E-state index is 10.4. The predicted molar refractivity (Wildman–Crippen MR) is 54.4 cm³/mol. The Bertz CT molecular complexity index is 343. The number of halogens is 1. The van der Waals surface area contributed by atoms with E-state index in [0.717, 1.165) is 5.56 Å². The molecule has 1 aromatic carbocycles. The lowest BCUT2D eigenvalue weighted by Crippen LogP contribution is -1.95. The molecule has 3 nitrogen and oxygen atoms in total. The first-order valence-electron chi connectivity index (χ1n) is 3.84. The molecule has 0 aliphatic carbocycles. The van der Waals surface area contributed by atoms with E-state index >= 15 is 0 Å². The normalized spacial score (nSPS) is 9.29. The third kappa shape index (κ3) is 2.78. The van der Waals surface area contributed by atoms with Gasteiger partial charge in [0.05, 0.1) is 7.11 Å². The van der Waals surface area contributed by atoms with E-state index < -0.39 is 5.43 Å². The van der Waals surface area contributed by atoms with Crippen LogP contribution in [0.5, 0.6) is 5.75 Å². The molecule has 0 fully saturated rings. The second-order valence-electron chi connectivity index (χ2n) is 2.49. The molecule has 14 heavy (non-hydrogen) atoms. The molecule has 0 spiro atoms. The van der Waals surface area contributed by atoms with Crippen molar-refractivity contribution in [2.75, 3.05) is 7.11 Å². The Labute approximate surface area is 86.9 Å². The van der Waals surface area contributed by atoms with Crippen LogP contribution in [0.15, 0.2) is 30.8 Å². The fourth-order valence-corrected chi connectivity index (χ4v) is 1.01. The Kier molecular flexibility index (Phi) is 3.54. The van der Waals surface area contributed by atoms with Crippen molar-refractivity contribution in [3.8, 4) is 5.75 Å². The molecule has 0 aliphatic rings. The third-order valence-corrected chi connectivity index (χ3v) is 1.70. The molecule has 1 rings (SSSR count). The van der Waals surface area contributed by atoms with Gasteiger partial charge in [0.25, 0.3) is 0 Å². The van der Waals surface area contributed by atoms with Crippen LogP contribution in [-0.2, 0) is 4.74 Å². The first kappa shape index (κ1) is 10.6. The van der Waals surface area contributed by atoms with Crippen molar-refractivity contribution < 1.29 is 14.3 Å². The highest BCUT2D eigenvalue weighted by Crippen LogP contribution is 2.18. The zero-order valence-electron chi connectivity index (χ0n) is 7.62. The fourth-order valence-electron chi connectivity index (χ4n) is 0.919. The molecule has 74 valence electrons. The standard InChI is InChI=1S/C10H9ClO3/c1-7(13-2)8-3-5-9(6-4-8)14-10(11)12/h3-6H,1H2,2H3. The van der Waals surface area contributed by atoms with E-state index in [0.29, 0.717) is 11.5 Å². The van der Waals surface area contributed by atoms with Crippen molar-refractivity contribution >= 4 is 22.8 Å². The first-order chi connectivity index (χ1) is 6.63. The van der Waals surface area contributed by atoms with Gasteiger partial charge in [0.2, 0.25) is 0 Å². The van der Waals surface area contributed by atoms with Crippen LogP contribution in [0.2, 0.25) is 0 Å². The van der Waals surface area contributed by atoms with E-state index in [-0.39, 0.29) is 0 Å². The van der Waals surface area contributed by atoms with Gasteiger partial charge in [-0.15, -0.1) is 0 Å². The molecule has 1 aromatic rings. The Hall–Kier alpha value is -1.48. The average molecular weight is 213 g/mol. The molecule has 0 radical (unpaired) electrons. The van der Waals surface area contributed by atoms with Gasteiger partial charge in [-0.2, -0.15) is 0 Å². The lowest BCUT2D eigenvalue weighted by atomic mass is 10.2. The van der Waals surface area contributed by atoms with Crippen LogP contribution in [0.4, 0.5) is 4.79 Å². The summed E-state index contributed by atoms with van der Waals surface area (Å²) >= 11 is 5.04. The number of ether oxygens (including phenoxy) is 2. The quantitative estimate of drug-likeness (QED) is 0.571. The minimum absolute atomic E-state index is 0.387. The average Bonchev–Trinajstić information content (AvgIpc) is 2.17. The van der Waals surface area contributed by atoms with Gasteiger partial charge in [-0.1, -0.05) is 6.58 Å². The van der Waals surface area contributed by atoms with Gasteiger partial charge < -0.3 is 9.47 Å². The zero-order chi connectivity index (χ0) is 10.6. The molecule has 4 heteroatoms. The van der Waals surface area contributed by atoms with E-state index in [2.05, 4.69) is 11.3 Å². The molecule has 0 heterocycles. The lowest BCUT2D eigenvalue weighted by molar-refractivity contribution is 0.225. The van der Waals surface area contributed by atoms with Crippen LogP contribution >= 0.6 is 11.6 Å². The Morgan fingerprint density at radius 1 is 1.36 bits per heavy atom. The molecule has 0 aromatic heterocycles. The highest BCUT2D eigenvalue weighted by Gasteiger charge is 2.01. The van der Waals surface area contributed by atoms with Crippen molar-refractivity contribution in [3.05, 3.63) is 36.4 Å². The van der Waals surface area contributed by atoms with Gasteiger partial charge in [0, 0.05) is 17.2 Å². The zero-order valence-corrected chi connectivity index (χ0v) is 8.38. The number of carbonyl (C=O) groups excluding carboxylic acids is 1. The summed E-state index contributed by atoms with van der Waals surface area (Å²) in [5.74, 6) is 0.936. The van der Waals surface area contributed by atoms with Crippen molar-refractivity contribution in [1.82, 2.24) is 0 Å². The molecule has 0 N–H and O–H groups in total. The van der Waals surface area contributed by atoms with E-state index in [1.54, 1.807) is 24.3 Å². The van der Waals surface area contributed by atoms with Crippen LogP contribution < -0.4 is 4.74 Å². The van der Waals surface area contributed by atoms with Gasteiger partial charge in [0.15, 0.2) is 0 Å². The minimum Gasteiger partial charge on any atom is -0.497 e. The molecule has 0 saturated carbocycles. The summed E-state index contributed by atoms with van der Waals surface area (Å²) in [6.45, 7) is 3.68. The van der Waals surface area contributed by atoms with Crippen molar-refractivity contribution in [1.29, 1.82) is 0 Å². The van der Waals surface area contributed by atoms with Crippen LogP contribution in [0.1, 0.15) is 5.56 Å². The maximum Gasteiger partial charge on any atom is 0.409 e. The van der Waals surface area contributed by atoms with E-state index in [1.165, 1.54) is 7.11 Å². The van der Waals surface area contributed by atoms with Crippen LogP contribution in [0, 0.1) is 0 Å². The summed E-state index contributed by atoms with van der Waals surface area (Å²) in [7, 11) is 1.54. The van der Waals surface area contributed by atoms with Gasteiger partial charge in [0.1, 0.15) is 11.5 Å². The molecule has 0 aliphatic heterocycles. The van der Waals surface area contributed by atoms with Crippen molar-refractivity contribution in [3.63, 3.8) is 0 Å². The fraction of sp³-hybridized carbons (Fsp3) is 0.100. The third-order valence-electron chi connectivity index (χ3n) is 1.62. The lowest BCUT2D eigenvalue weighted by Gasteiger charge is -2.04. The number of methoxy groups -OCH3 is 1. The molecule has 0 atom stereocenters. The second kappa shape index (κ2) is 4.67. The summed E-state index contributed by atoms with van der Waals surface area (Å²) < 4.78 is 9.57. The van der Waals surface area contributed by atoms with Gasteiger partial charge in [-0.05, 0) is 24.3 Å². The Morgan fingerprint density at radius 2 is 1.93 bits per heavy atom. The SMILES string of the molecule is C=C(OC)c1ccc(OC(=O)Cl)cc1. The maximum absolute atomic E-state index is 10.4. The van der Waals surface area contributed by atoms with E-state index in [9.17, 15) is 4.79 Å². The Morgan fingerprint density at radius 3 is 2.36 bits per heavy atom. The van der Waals surface area contributed by atoms with Crippen LogP contribution in [0.25, 0.3) is 5.76 Å². The highest BCUT2D eigenvalue weighted by molar-refractivity contribution is 6.61. The number of hydrogen-bond acceptors (Lipinski definition) is 3. The first-order valence-corrected chi connectivity index (χ1v) is 4.22. The molecule has 0 bridgehead atoms. The molecular weight excluding hydrogens is 204 g/mol. The van der Waals surface area contributed by atoms with Gasteiger partial charge in [-0.3, -0.25) is 0 Å². The summed E-state index contributed by atoms with van der Waals surface area (Å²) in [6.07, 6.45) is 0. The molecule has 0 unspecified atom stereocenters. The monoisotopic (exact) mass is 212 g/mol. The number of benzene rings is 1.